The van der Waals surface area contributed by atoms with Crippen LogP contribution in [0.1, 0.15) is 39.3 Å². The average molecular weight is 546 g/mol. The third-order valence-corrected chi connectivity index (χ3v) is 5.16. The summed E-state index contributed by atoms with van der Waals surface area (Å²) in [6.07, 6.45) is -2.50. The Labute approximate surface area is 218 Å². The minimum Gasteiger partial charge on any atom is -0.272 e. The van der Waals surface area contributed by atoms with Crippen molar-refractivity contribution in [1.29, 1.82) is 0 Å². The molecule has 4 aromatic rings. The lowest BCUT2D eigenvalue weighted by Gasteiger charge is -1.99. The summed E-state index contributed by atoms with van der Waals surface area (Å²) in [6.45, 7) is 9.96. The molecule has 4 rings (SSSR count). The molecule has 3 nitrogen and oxygen atoms in total. The molecule has 0 N–H and O–H groups in total. The van der Waals surface area contributed by atoms with E-state index in [1.54, 1.807) is 12.3 Å². The predicted molar refractivity (Wildman–Crippen MR) is 139 cm³/mol. The van der Waals surface area contributed by atoms with E-state index in [1.807, 2.05) is 26.1 Å². The Kier molecular flexibility index (Phi) is 15.9. The summed E-state index contributed by atoms with van der Waals surface area (Å²) in [7, 11) is 1.48. The van der Waals surface area contributed by atoms with Crippen molar-refractivity contribution in [1.82, 2.24) is 14.8 Å². The minimum absolute atomic E-state index is 0.0995. The van der Waals surface area contributed by atoms with Crippen molar-refractivity contribution in [2.24, 2.45) is 7.05 Å². The van der Waals surface area contributed by atoms with Crippen LogP contribution in [0.4, 0.5) is 26.3 Å². The van der Waals surface area contributed by atoms with E-state index in [1.165, 1.54) is 34.5 Å². The number of nitrogens with zero attached hydrogens (tertiary/aromatic N) is 3. The summed E-state index contributed by atoms with van der Waals surface area (Å²) in [5.41, 5.74) is 5.70. The molecule has 1 aromatic carbocycles. The fourth-order valence-corrected chi connectivity index (χ4v) is 3.21. The van der Waals surface area contributed by atoms with Gasteiger partial charge in [0.2, 0.25) is 6.93 Å². The number of benzene rings is 1. The third kappa shape index (κ3) is 16.3. The van der Waals surface area contributed by atoms with E-state index < -0.39 is 18.8 Å². The zero-order valence-electron chi connectivity index (χ0n) is 22.0. The summed E-state index contributed by atoms with van der Waals surface area (Å²) in [4.78, 5) is 4.04. The molecule has 0 radical (unpaired) electrons. The second-order valence-corrected chi connectivity index (χ2v) is 8.82. The monoisotopic (exact) mass is 545 g/mol. The van der Waals surface area contributed by atoms with Crippen LogP contribution in [-0.4, -0.2) is 21.7 Å². The van der Waals surface area contributed by atoms with Crippen molar-refractivity contribution in [2.45, 2.75) is 47.7 Å². The average Bonchev–Trinajstić information content (AvgIpc) is 3.33. The third-order valence-electron chi connectivity index (χ3n) is 4.33. The van der Waals surface area contributed by atoms with Crippen molar-refractivity contribution < 1.29 is 26.3 Å². The van der Waals surface area contributed by atoms with E-state index in [9.17, 15) is 26.3 Å². The first-order chi connectivity index (χ1) is 17.2. The first-order valence-corrected chi connectivity index (χ1v) is 11.9. The Morgan fingerprint density at radius 1 is 0.811 bits per heavy atom. The molecule has 0 bridgehead atoms. The first-order valence-electron chi connectivity index (χ1n) is 11.0. The highest BCUT2D eigenvalue weighted by Gasteiger charge is 2.33. The zero-order chi connectivity index (χ0) is 28.6. The van der Waals surface area contributed by atoms with Gasteiger partial charge in [-0.2, -0.15) is 22.7 Å². The molecule has 0 aliphatic heterocycles. The molecule has 0 unspecified atom stereocenters. The molecule has 37 heavy (non-hydrogen) atoms. The van der Waals surface area contributed by atoms with Gasteiger partial charge in [-0.05, 0) is 82.3 Å². The summed E-state index contributed by atoms with van der Waals surface area (Å²) in [5, 5.41) is 4.96. The van der Waals surface area contributed by atoms with Gasteiger partial charge in [-0.25, -0.2) is 8.78 Å². The van der Waals surface area contributed by atoms with Crippen molar-refractivity contribution >= 4 is 11.3 Å². The van der Waals surface area contributed by atoms with E-state index in [4.69, 9.17) is 0 Å². The number of aryl methyl sites for hydroxylation is 7. The standard InChI is InChI=1S/C8H10.C7H9N.C6H7F3N2.C5H5FS.CH2F2/c1-7-4-3-5-8(2)6-7;1-6-3-4-8-7(2)5-6;1-4-3-5(6(7,8)9)10-11(4)2;1-4-2-5(6)7-3-4;2-1-3/h3-6H,1-2H3;3-5H,1-2H3;3H,1-2H3;2-3H,1H3;1H2. The highest BCUT2D eigenvalue weighted by molar-refractivity contribution is 7.08. The molecular weight excluding hydrogens is 512 g/mol. The molecule has 0 saturated heterocycles. The molecule has 0 aliphatic rings. The van der Waals surface area contributed by atoms with Gasteiger partial charge in [0.15, 0.2) is 10.8 Å². The normalized spacial score (nSPS) is 9.86. The number of rotatable bonds is 0. The highest BCUT2D eigenvalue weighted by atomic mass is 32.1. The Balaban J connectivity index is 0.000000456. The van der Waals surface area contributed by atoms with Gasteiger partial charge in [0, 0.05) is 24.6 Å². The molecular formula is C27H33F6N3S. The molecule has 0 saturated carbocycles. The van der Waals surface area contributed by atoms with E-state index in [2.05, 4.69) is 61.2 Å². The number of pyridine rings is 1. The smallest absolute Gasteiger partial charge is 0.272 e. The molecule has 0 amide bonds. The number of hydrogen-bond donors (Lipinski definition) is 0. The van der Waals surface area contributed by atoms with Crippen molar-refractivity contribution in [2.75, 3.05) is 6.93 Å². The van der Waals surface area contributed by atoms with Crippen LogP contribution in [0.5, 0.6) is 0 Å². The Morgan fingerprint density at radius 2 is 1.35 bits per heavy atom. The Morgan fingerprint density at radius 3 is 1.57 bits per heavy atom. The van der Waals surface area contributed by atoms with Gasteiger partial charge in [-0.15, -0.1) is 11.3 Å². The summed E-state index contributed by atoms with van der Waals surface area (Å²) in [5.74, 6) is 0. The van der Waals surface area contributed by atoms with Crippen molar-refractivity contribution in [3.63, 3.8) is 0 Å². The highest BCUT2D eigenvalue weighted by Crippen LogP contribution is 2.27. The van der Waals surface area contributed by atoms with E-state index in [-0.39, 0.29) is 5.13 Å². The van der Waals surface area contributed by atoms with Gasteiger partial charge < -0.3 is 0 Å². The molecule has 3 aromatic heterocycles. The predicted octanol–water partition coefficient (Wildman–Crippen LogP) is 8.83. The molecule has 0 spiro atoms. The summed E-state index contributed by atoms with van der Waals surface area (Å²) < 4.78 is 68.1. The van der Waals surface area contributed by atoms with Crippen LogP contribution in [0.25, 0.3) is 0 Å². The maximum Gasteiger partial charge on any atom is 0.435 e. The quantitative estimate of drug-likeness (QED) is 0.207. The Hall–Kier alpha value is -3.14. The van der Waals surface area contributed by atoms with Crippen molar-refractivity contribution in [3.05, 3.63) is 105 Å². The van der Waals surface area contributed by atoms with E-state index >= 15 is 0 Å². The van der Waals surface area contributed by atoms with Crippen LogP contribution in [-0.2, 0) is 13.2 Å². The topological polar surface area (TPSA) is 30.7 Å². The Bertz CT molecular complexity index is 1050. The number of thiophene rings is 1. The number of hydrogen-bond acceptors (Lipinski definition) is 3. The minimum atomic E-state index is -4.33. The molecule has 10 heteroatoms. The van der Waals surface area contributed by atoms with E-state index in [0.29, 0.717) is 5.69 Å². The van der Waals surface area contributed by atoms with Gasteiger partial charge in [-0.3, -0.25) is 9.67 Å². The van der Waals surface area contributed by atoms with Crippen LogP contribution >= 0.6 is 11.3 Å². The maximum absolute atomic E-state index is 11.9. The molecule has 0 aliphatic carbocycles. The van der Waals surface area contributed by atoms with Crippen LogP contribution in [0, 0.1) is 46.7 Å². The largest absolute Gasteiger partial charge is 0.435 e. The summed E-state index contributed by atoms with van der Waals surface area (Å²) in [6, 6.07) is 15.0. The van der Waals surface area contributed by atoms with Gasteiger partial charge in [0.05, 0.1) is 0 Å². The van der Waals surface area contributed by atoms with Gasteiger partial charge >= 0.3 is 6.18 Å². The van der Waals surface area contributed by atoms with Gasteiger partial charge in [0.1, 0.15) is 0 Å². The summed E-state index contributed by atoms with van der Waals surface area (Å²) >= 11 is 1.14. The maximum atomic E-state index is 11.9. The SMILES string of the molecule is Cc1cc(C(F)(F)F)nn1C.Cc1cccc(C)c1.Cc1ccnc(C)c1.Cc1csc(F)c1.FCF. The zero-order valence-corrected chi connectivity index (χ0v) is 22.8. The lowest BCUT2D eigenvalue weighted by Crippen LogP contribution is -2.06. The molecule has 3 heterocycles. The van der Waals surface area contributed by atoms with Crippen molar-refractivity contribution in [3.8, 4) is 0 Å². The fourth-order valence-electron chi connectivity index (χ4n) is 2.59. The number of alkyl halides is 5. The number of aromatic nitrogens is 3. The fraction of sp³-hybridized carbons (Fsp3) is 0.333. The first kappa shape index (κ1) is 33.9. The van der Waals surface area contributed by atoms with Crippen LogP contribution in [0.15, 0.2) is 60.1 Å². The molecule has 0 fully saturated rings. The molecule has 204 valence electrons. The lowest BCUT2D eigenvalue weighted by atomic mass is 10.2. The van der Waals surface area contributed by atoms with Gasteiger partial charge in [-0.1, -0.05) is 35.4 Å². The van der Waals surface area contributed by atoms with Crippen LogP contribution < -0.4 is 0 Å². The van der Waals surface area contributed by atoms with Crippen LogP contribution in [0.3, 0.4) is 0 Å². The van der Waals surface area contributed by atoms with Gasteiger partial charge in [0.25, 0.3) is 0 Å². The van der Waals surface area contributed by atoms with Crippen LogP contribution in [0.2, 0.25) is 0 Å². The molecule has 0 atom stereocenters. The number of halogens is 6. The second-order valence-electron chi connectivity index (χ2n) is 7.95. The van der Waals surface area contributed by atoms with E-state index in [0.717, 1.165) is 28.7 Å². The second kappa shape index (κ2) is 17.3. The lowest BCUT2D eigenvalue weighted by molar-refractivity contribution is -0.141.